The van der Waals surface area contributed by atoms with Crippen LogP contribution in [0.4, 0.5) is 0 Å². The van der Waals surface area contributed by atoms with Crippen molar-refractivity contribution in [1.29, 1.82) is 0 Å². The van der Waals surface area contributed by atoms with Crippen LogP contribution in [0, 0.1) is 5.92 Å². The lowest BCUT2D eigenvalue weighted by molar-refractivity contribution is -0.143. The number of hydrogen-bond donors (Lipinski definition) is 1. The number of halogens is 3. The molecule has 0 saturated heterocycles. The molecule has 0 heterocycles. The molecule has 1 atom stereocenters. The second-order valence-electron chi connectivity index (χ2n) is 8.72. The molecule has 0 aromatic heterocycles. The standard InChI is InChI=1S/C27H29BrCl2N2O3/c1-4-23(27(34)31-14-17(2)3)32(15-18-9-11-21(29)22(30)13-18)25(33)16-35-24-12-10-19-7-5-6-8-20(19)26(24)28/h5-13,17,23H,4,14-16H2,1-3H3,(H,31,34). The molecule has 2 amide bonds. The number of amides is 2. The summed E-state index contributed by atoms with van der Waals surface area (Å²) in [5.74, 6) is 0.359. The molecule has 3 aromatic carbocycles. The molecule has 0 aliphatic carbocycles. The highest BCUT2D eigenvalue weighted by Crippen LogP contribution is 2.33. The molecule has 0 saturated carbocycles. The quantitative estimate of drug-likeness (QED) is 0.285. The highest BCUT2D eigenvalue weighted by Gasteiger charge is 2.29. The van der Waals surface area contributed by atoms with Crippen LogP contribution < -0.4 is 10.1 Å². The Bertz CT molecular complexity index is 1200. The van der Waals surface area contributed by atoms with Gasteiger partial charge in [0, 0.05) is 13.1 Å². The molecule has 5 nitrogen and oxygen atoms in total. The van der Waals surface area contributed by atoms with E-state index >= 15 is 0 Å². The summed E-state index contributed by atoms with van der Waals surface area (Å²) >= 11 is 15.9. The van der Waals surface area contributed by atoms with Gasteiger partial charge in [-0.05, 0) is 62.8 Å². The van der Waals surface area contributed by atoms with E-state index in [2.05, 4.69) is 21.2 Å². The minimum absolute atomic E-state index is 0.193. The van der Waals surface area contributed by atoms with Crippen LogP contribution in [0.5, 0.6) is 5.75 Å². The zero-order valence-corrected chi connectivity index (χ0v) is 23.1. The first-order chi connectivity index (χ1) is 16.7. The van der Waals surface area contributed by atoms with Crippen LogP contribution in [0.25, 0.3) is 10.8 Å². The van der Waals surface area contributed by atoms with Gasteiger partial charge >= 0.3 is 0 Å². The molecular weight excluding hydrogens is 551 g/mol. The average molecular weight is 580 g/mol. The lowest BCUT2D eigenvalue weighted by atomic mass is 10.1. The molecule has 3 rings (SSSR count). The summed E-state index contributed by atoms with van der Waals surface area (Å²) in [5.41, 5.74) is 0.773. The number of fused-ring (bicyclic) bond motifs is 1. The minimum atomic E-state index is -0.653. The fourth-order valence-corrected chi connectivity index (χ4v) is 4.65. The summed E-state index contributed by atoms with van der Waals surface area (Å²) in [4.78, 5) is 28.0. The van der Waals surface area contributed by atoms with Crippen molar-refractivity contribution in [1.82, 2.24) is 10.2 Å². The number of nitrogens with zero attached hydrogens (tertiary/aromatic N) is 1. The third-order valence-electron chi connectivity index (χ3n) is 5.59. The zero-order chi connectivity index (χ0) is 25.5. The average Bonchev–Trinajstić information content (AvgIpc) is 2.84. The first-order valence-electron chi connectivity index (χ1n) is 11.5. The Labute approximate surface area is 224 Å². The third kappa shape index (κ3) is 7.12. The maximum Gasteiger partial charge on any atom is 0.261 e. The largest absolute Gasteiger partial charge is 0.483 e. The second-order valence-corrected chi connectivity index (χ2v) is 10.3. The smallest absolute Gasteiger partial charge is 0.261 e. The highest BCUT2D eigenvalue weighted by atomic mass is 79.9. The monoisotopic (exact) mass is 578 g/mol. The minimum Gasteiger partial charge on any atom is -0.483 e. The fraction of sp³-hybridized carbons (Fsp3) is 0.333. The second kappa shape index (κ2) is 12.6. The van der Waals surface area contributed by atoms with Crippen LogP contribution in [0.1, 0.15) is 32.8 Å². The number of ether oxygens (including phenoxy) is 1. The number of nitrogens with one attached hydrogen (secondary N) is 1. The van der Waals surface area contributed by atoms with Gasteiger partial charge in [0.1, 0.15) is 11.8 Å². The Hall–Kier alpha value is -2.28. The van der Waals surface area contributed by atoms with Crippen LogP contribution in [-0.2, 0) is 16.1 Å². The Balaban J connectivity index is 1.83. The van der Waals surface area contributed by atoms with Crippen LogP contribution in [0.3, 0.4) is 0 Å². The molecular formula is C27H29BrCl2N2O3. The summed E-state index contributed by atoms with van der Waals surface area (Å²) in [6.45, 7) is 6.45. The normalized spacial score (nSPS) is 12.0. The van der Waals surface area contributed by atoms with Gasteiger partial charge in [0.25, 0.3) is 5.91 Å². The summed E-state index contributed by atoms with van der Waals surface area (Å²) in [5, 5.41) is 5.83. The summed E-state index contributed by atoms with van der Waals surface area (Å²) in [6, 6.07) is 16.2. The van der Waals surface area contributed by atoms with Crippen molar-refractivity contribution in [2.24, 2.45) is 5.92 Å². The molecule has 0 bridgehead atoms. The first kappa shape index (κ1) is 27.3. The summed E-state index contributed by atoms with van der Waals surface area (Å²) in [6.07, 6.45) is 0.455. The molecule has 0 fully saturated rings. The Kier molecular flexibility index (Phi) is 9.84. The molecule has 0 spiro atoms. The fourth-order valence-electron chi connectivity index (χ4n) is 3.72. The lowest BCUT2D eigenvalue weighted by Crippen LogP contribution is -2.50. The number of rotatable bonds is 10. The Morgan fingerprint density at radius 2 is 1.80 bits per heavy atom. The van der Waals surface area contributed by atoms with Gasteiger partial charge in [-0.25, -0.2) is 0 Å². The van der Waals surface area contributed by atoms with Crippen molar-refractivity contribution in [3.63, 3.8) is 0 Å². The van der Waals surface area contributed by atoms with Crippen molar-refractivity contribution < 1.29 is 14.3 Å². The van der Waals surface area contributed by atoms with E-state index in [1.807, 2.05) is 57.2 Å². The van der Waals surface area contributed by atoms with Crippen LogP contribution in [0.15, 0.2) is 59.1 Å². The maximum atomic E-state index is 13.4. The van der Waals surface area contributed by atoms with E-state index in [0.29, 0.717) is 34.7 Å². The Morgan fingerprint density at radius 3 is 2.49 bits per heavy atom. The lowest BCUT2D eigenvalue weighted by Gasteiger charge is -2.31. The van der Waals surface area contributed by atoms with E-state index in [1.54, 1.807) is 23.1 Å². The Morgan fingerprint density at radius 1 is 1.06 bits per heavy atom. The number of carbonyl (C=O) groups is 2. The van der Waals surface area contributed by atoms with Gasteiger partial charge in [0.05, 0.1) is 14.5 Å². The van der Waals surface area contributed by atoms with E-state index in [1.165, 1.54) is 0 Å². The van der Waals surface area contributed by atoms with Gasteiger partial charge in [0.2, 0.25) is 5.91 Å². The molecule has 3 aromatic rings. The van der Waals surface area contributed by atoms with Gasteiger partial charge < -0.3 is 15.0 Å². The van der Waals surface area contributed by atoms with Crippen LogP contribution in [0.2, 0.25) is 10.0 Å². The summed E-state index contributed by atoms with van der Waals surface area (Å²) in [7, 11) is 0. The predicted molar refractivity (Wildman–Crippen MR) is 146 cm³/mol. The van der Waals surface area contributed by atoms with E-state index < -0.39 is 6.04 Å². The van der Waals surface area contributed by atoms with Gasteiger partial charge in [-0.1, -0.05) is 80.4 Å². The first-order valence-corrected chi connectivity index (χ1v) is 13.1. The molecule has 0 aliphatic rings. The number of benzene rings is 3. The molecule has 0 aliphatic heterocycles. The van der Waals surface area contributed by atoms with E-state index in [0.717, 1.165) is 20.8 Å². The number of hydrogen-bond acceptors (Lipinski definition) is 3. The van der Waals surface area contributed by atoms with Crippen molar-refractivity contribution in [2.75, 3.05) is 13.2 Å². The topological polar surface area (TPSA) is 58.6 Å². The molecule has 8 heteroatoms. The van der Waals surface area contributed by atoms with Gasteiger partial charge in [0.15, 0.2) is 6.61 Å². The van der Waals surface area contributed by atoms with Crippen LogP contribution >= 0.6 is 39.1 Å². The molecule has 186 valence electrons. The van der Waals surface area contributed by atoms with Crippen molar-refractivity contribution in [3.05, 3.63) is 74.7 Å². The van der Waals surface area contributed by atoms with Gasteiger partial charge in [-0.2, -0.15) is 0 Å². The molecule has 0 radical (unpaired) electrons. The summed E-state index contributed by atoms with van der Waals surface area (Å²) < 4.78 is 6.70. The third-order valence-corrected chi connectivity index (χ3v) is 7.14. The number of carbonyl (C=O) groups excluding carboxylic acids is 2. The molecule has 35 heavy (non-hydrogen) atoms. The zero-order valence-electron chi connectivity index (χ0n) is 20.0. The highest BCUT2D eigenvalue weighted by molar-refractivity contribution is 9.10. The molecule has 1 unspecified atom stereocenters. The van der Waals surface area contributed by atoms with Crippen molar-refractivity contribution in [2.45, 2.75) is 39.8 Å². The van der Waals surface area contributed by atoms with E-state index in [4.69, 9.17) is 27.9 Å². The van der Waals surface area contributed by atoms with Gasteiger partial charge in [-0.3, -0.25) is 9.59 Å². The predicted octanol–water partition coefficient (Wildman–Crippen LogP) is 6.87. The molecule has 1 N–H and O–H groups in total. The van der Waals surface area contributed by atoms with Crippen LogP contribution in [-0.4, -0.2) is 35.9 Å². The van der Waals surface area contributed by atoms with Gasteiger partial charge in [-0.15, -0.1) is 0 Å². The van der Waals surface area contributed by atoms with E-state index in [-0.39, 0.29) is 25.0 Å². The van der Waals surface area contributed by atoms with Crippen molar-refractivity contribution >= 4 is 61.7 Å². The van der Waals surface area contributed by atoms with E-state index in [9.17, 15) is 9.59 Å². The SMILES string of the molecule is CCC(C(=O)NCC(C)C)N(Cc1ccc(Cl)c(Cl)c1)C(=O)COc1ccc2ccccc2c1Br. The maximum absolute atomic E-state index is 13.4. The van der Waals surface area contributed by atoms with Crippen molar-refractivity contribution in [3.8, 4) is 5.75 Å².